The summed E-state index contributed by atoms with van der Waals surface area (Å²) in [5.41, 5.74) is 8.28. The van der Waals surface area contributed by atoms with E-state index in [9.17, 15) is 0 Å². The molecule has 1 aliphatic rings. The molecule has 2 nitrogen and oxygen atoms in total. The fourth-order valence-electron chi connectivity index (χ4n) is 1.37. The van der Waals surface area contributed by atoms with E-state index in [1.54, 1.807) is 0 Å². The maximum absolute atomic E-state index is 6.05. The predicted molar refractivity (Wildman–Crippen MR) is 59.2 cm³/mol. The van der Waals surface area contributed by atoms with Crippen molar-refractivity contribution in [1.29, 1.82) is 0 Å². The van der Waals surface area contributed by atoms with Crippen molar-refractivity contribution in [3.63, 3.8) is 0 Å². The van der Waals surface area contributed by atoms with Gasteiger partial charge in [-0.25, -0.2) is 0 Å². The van der Waals surface area contributed by atoms with E-state index in [-0.39, 0.29) is 5.54 Å². The van der Waals surface area contributed by atoms with E-state index in [1.165, 1.54) is 11.1 Å². The van der Waals surface area contributed by atoms with Gasteiger partial charge in [-0.3, -0.25) is 0 Å². The molecule has 0 unspecified atom stereocenters. The Hall–Kier alpha value is -0.860. The number of aryl methyl sites for hydroxylation is 1. The first kappa shape index (κ1) is 11.2. The van der Waals surface area contributed by atoms with E-state index >= 15 is 0 Å². The standard InChI is InChI=1S/C10H13NO.C2H6/c1-8-2-4-9(5-3-8)10(11)6-12-7-10;1-2/h2-5H,6-7,11H2,1H3;1-2H3. The van der Waals surface area contributed by atoms with Gasteiger partial charge in [0.15, 0.2) is 0 Å². The molecule has 0 amide bonds. The molecule has 0 saturated carbocycles. The average Bonchev–Trinajstić information content (AvgIpc) is 2.19. The van der Waals surface area contributed by atoms with Crippen molar-refractivity contribution in [1.82, 2.24) is 0 Å². The van der Waals surface area contributed by atoms with Gasteiger partial charge in [-0.15, -0.1) is 0 Å². The van der Waals surface area contributed by atoms with Crippen molar-refractivity contribution >= 4 is 0 Å². The summed E-state index contributed by atoms with van der Waals surface area (Å²) in [5.74, 6) is 0. The molecule has 0 atom stereocenters. The Balaban J connectivity index is 0.000000461. The van der Waals surface area contributed by atoms with Crippen LogP contribution in [0.1, 0.15) is 25.0 Å². The van der Waals surface area contributed by atoms with Gasteiger partial charge >= 0.3 is 0 Å². The van der Waals surface area contributed by atoms with Crippen molar-refractivity contribution in [2.45, 2.75) is 26.3 Å². The zero-order valence-electron chi connectivity index (χ0n) is 9.21. The third kappa shape index (κ3) is 2.14. The van der Waals surface area contributed by atoms with E-state index in [0.29, 0.717) is 13.2 Å². The molecule has 1 aliphatic heterocycles. The SMILES string of the molecule is CC.Cc1ccc(C2(N)COC2)cc1. The van der Waals surface area contributed by atoms with E-state index in [2.05, 4.69) is 31.2 Å². The fourth-order valence-corrected chi connectivity index (χ4v) is 1.37. The van der Waals surface area contributed by atoms with Gasteiger partial charge in [0, 0.05) is 0 Å². The molecule has 0 bridgehead atoms. The van der Waals surface area contributed by atoms with E-state index in [1.807, 2.05) is 13.8 Å². The maximum Gasteiger partial charge on any atom is 0.0883 e. The van der Waals surface area contributed by atoms with Gasteiger partial charge in [0.1, 0.15) is 0 Å². The topological polar surface area (TPSA) is 35.2 Å². The minimum absolute atomic E-state index is 0.215. The lowest BCUT2D eigenvalue weighted by atomic mass is 9.89. The highest BCUT2D eigenvalue weighted by molar-refractivity contribution is 5.29. The Kier molecular flexibility index (Phi) is 3.67. The molecule has 0 radical (unpaired) electrons. The zero-order chi connectivity index (χ0) is 10.6. The van der Waals surface area contributed by atoms with Crippen molar-refractivity contribution < 1.29 is 4.74 Å². The highest BCUT2D eigenvalue weighted by Crippen LogP contribution is 2.26. The molecule has 0 aliphatic carbocycles. The summed E-state index contributed by atoms with van der Waals surface area (Å²) in [5, 5.41) is 0. The van der Waals surface area contributed by atoms with Crippen LogP contribution in [0.3, 0.4) is 0 Å². The summed E-state index contributed by atoms with van der Waals surface area (Å²) < 4.78 is 5.10. The van der Waals surface area contributed by atoms with Crippen molar-refractivity contribution in [3.8, 4) is 0 Å². The average molecular weight is 193 g/mol. The third-order valence-corrected chi connectivity index (χ3v) is 2.35. The second-order valence-corrected chi connectivity index (χ2v) is 3.51. The van der Waals surface area contributed by atoms with Crippen molar-refractivity contribution in [2.75, 3.05) is 13.2 Å². The fraction of sp³-hybridized carbons (Fsp3) is 0.500. The highest BCUT2D eigenvalue weighted by Gasteiger charge is 2.35. The van der Waals surface area contributed by atoms with Gasteiger partial charge in [0.2, 0.25) is 0 Å². The van der Waals surface area contributed by atoms with Gasteiger partial charge in [0.05, 0.1) is 18.8 Å². The monoisotopic (exact) mass is 193 g/mol. The van der Waals surface area contributed by atoms with Gasteiger partial charge in [-0.2, -0.15) is 0 Å². The smallest absolute Gasteiger partial charge is 0.0883 e. The molecule has 2 N–H and O–H groups in total. The molecule has 14 heavy (non-hydrogen) atoms. The lowest BCUT2D eigenvalue weighted by Gasteiger charge is -2.38. The molecule has 2 heteroatoms. The Morgan fingerprint density at radius 3 is 2.00 bits per heavy atom. The molecule has 0 spiro atoms. The normalized spacial score (nSPS) is 17.7. The lowest BCUT2D eigenvalue weighted by Crippen LogP contribution is -2.54. The quantitative estimate of drug-likeness (QED) is 0.742. The second-order valence-electron chi connectivity index (χ2n) is 3.51. The molecule has 0 aromatic heterocycles. The summed E-state index contributed by atoms with van der Waals surface area (Å²) >= 11 is 0. The van der Waals surface area contributed by atoms with Crippen LogP contribution in [0, 0.1) is 6.92 Å². The van der Waals surface area contributed by atoms with Crippen LogP contribution in [0.15, 0.2) is 24.3 Å². The lowest BCUT2D eigenvalue weighted by molar-refractivity contribution is -0.0569. The molecular weight excluding hydrogens is 174 g/mol. The number of hydrogen-bond donors (Lipinski definition) is 1. The Bertz CT molecular complexity index is 275. The first-order valence-corrected chi connectivity index (χ1v) is 5.14. The number of hydrogen-bond acceptors (Lipinski definition) is 2. The van der Waals surface area contributed by atoms with Crippen LogP contribution in [0.25, 0.3) is 0 Å². The summed E-state index contributed by atoms with van der Waals surface area (Å²) in [6.07, 6.45) is 0. The van der Waals surface area contributed by atoms with Gasteiger partial charge < -0.3 is 10.5 Å². The van der Waals surface area contributed by atoms with Gasteiger partial charge in [-0.1, -0.05) is 43.7 Å². The summed E-state index contributed by atoms with van der Waals surface area (Å²) in [6.45, 7) is 7.37. The Labute approximate surface area is 86.1 Å². The number of benzene rings is 1. The minimum Gasteiger partial charge on any atom is -0.377 e. The molecule has 1 fully saturated rings. The molecule has 78 valence electrons. The molecule has 2 rings (SSSR count). The molecule has 1 saturated heterocycles. The van der Waals surface area contributed by atoms with Gasteiger partial charge in [-0.05, 0) is 12.5 Å². The number of nitrogens with two attached hydrogens (primary N) is 1. The summed E-state index contributed by atoms with van der Waals surface area (Å²) in [7, 11) is 0. The van der Waals surface area contributed by atoms with Crippen molar-refractivity contribution in [3.05, 3.63) is 35.4 Å². The van der Waals surface area contributed by atoms with E-state index in [0.717, 1.165) is 0 Å². The maximum atomic E-state index is 6.05. The first-order valence-electron chi connectivity index (χ1n) is 5.14. The molecule has 1 heterocycles. The molecule has 1 aromatic carbocycles. The third-order valence-electron chi connectivity index (χ3n) is 2.35. The second kappa shape index (κ2) is 4.58. The first-order chi connectivity index (χ1) is 6.71. The van der Waals surface area contributed by atoms with Gasteiger partial charge in [0.25, 0.3) is 0 Å². The Morgan fingerprint density at radius 1 is 1.14 bits per heavy atom. The van der Waals surface area contributed by atoms with Crippen molar-refractivity contribution in [2.24, 2.45) is 5.73 Å². The largest absolute Gasteiger partial charge is 0.377 e. The van der Waals surface area contributed by atoms with Crippen LogP contribution in [0.5, 0.6) is 0 Å². The molecular formula is C12H19NO. The highest BCUT2D eigenvalue weighted by atomic mass is 16.5. The van der Waals surface area contributed by atoms with E-state index < -0.39 is 0 Å². The predicted octanol–water partition coefficient (Wildman–Crippen LogP) is 2.21. The van der Waals surface area contributed by atoms with Crippen LogP contribution in [0.4, 0.5) is 0 Å². The molecule has 1 aromatic rings. The van der Waals surface area contributed by atoms with Crippen LogP contribution >= 0.6 is 0 Å². The summed E-state index contributed by atoms with van der Waals surface area (Å²) in [4.78, 5) is 0. The number of ether oxygens (including phenoxy) is 1. The van der Waals surface area contributed by atoms with Crippen LogP contribution in [-0.2, 0) is 10.3 Å². The van der Waals surface area contributed by atoms with Crippen LogP contribution in [0.2, 0.25) is 0 Å². The van der Waals surface area contributed by atoms with Crippen LogP contribution < -0.4 is 5.73 Å². The summed E-state index contributed by atoms with van der Waals surface area (Å²) in [6, 6.07) is 8.33. The minimum atomic E-state index is -0.215. The van der Waals surface area contributed by atoms with E-state index in [4.69, 9.17) is 10.5 Å². The zero-order valence-corrected chi connectivity index (χ0v) is 9.21. The van der Waals surface area contributed by atoms with Crippen LogP contribution in [-0.4, -0.2) is 13.2 Å². The Morgan fingerprint density at radius 2 is 1.64 bits per heavy atom. The number of rotatable bonds is 1.